The Labute approximate surface area is 184 Å². The summed E-state index contributed by atoms with van der Waals surface area (Å²) in [4.78, 5) is 0. The third kappa shape index (κ3) is 5.78. The maximum absolute atomic E-state index is 12.8. The molecule has 0 spiro atoms. The molecule has 4 rings (SSSR count). The van der Waals surface area contributed by atoms with Gasteiger partial charge in [0.2, 0.25) is 0 Å². The van der Waals surface area contributed by atoms with E-state index < -0.39 is 7.60 Å². The SMILES string of the molecule is CCOP(=O)(OCC)c1ccnn1-c1ccccc1.Pc1ccnn1-c1ccccc1. The van der Waals surface area contributed by atoms with Gasteiger partial charge < -0.3 is 9.05 Å². The van der Waals surface area contributed by atoms with E-state index in [1.54, 1.807) is 37.0 Å². The first-order valence-corrected chi connectivity index (χ1v) is 12.0. The average molecular weight is 456 g/mol. The van der Waals surface area contributed by atoms with Crippen molar-refractivity contribution in [3.05, 3.63) is 85.2 Å². The molecule has 1 unspecified atom stereocenters. The van der Waals surface area contributed by atoms with Gasteiger partial charge in [0, 0.05) is 0 Å². The molecule has 0 bridgehead atoms. The summed E-state index contributed by atoms with van der Waals surface area (Å²) < 4.78 is 26.9. The van der Waals surface area contributed by atoms with Crippen LogP contribution in [-0.2, 0) is 13.6 Å². The van der Waals surface area contributed by atoms with Crippen molar-refractivity contribution in [2.45, 2.75) is 13.8 Å². The molecule has 0 N–H and O–H groups in total. The highest BCUT2D eigenvalue weighted by atomic mass is 31.2. The molecule has 1 atom stereocenters. The van der Waals surface area contributed by atoms with Gasteiger partial charge in [-0.1, -0.05) is 45.6 Å². The minimum absolute atomic E-state index is 0.317. The first-order valence-electron chi connectivity index (χ1n) is 9.93. The van der Waals surface area contributed by atoms with Gasteiger partial charge in [-0.15, -0.1) is 0 Å². The second kappa shape index (κ2) is 11.2. The van der Waals surface area contributed by atoms with Crippen LogP contribution in [0.25, 0.3) is 11.4 Å². The number of aromatic nitrogens is 4. The zero-order valence-corrected chi connectivity index (χ0v) is 19.6. The maximum Gasteiger partial charge on any atom is 0.379 e. The summed E-state index contributed by atoms with van der Waals surface area (Å²) in [5.74, 6) is 0. The van der Waals surface area contributed by atoms with E-state index in [4.69, 9.17) is 9.05 Å². The Hall–Kier alpha value is -2.56. The molecule has 0 radical (unpaired) electrons. The standard InChI is InChI=1S/C13H17N2O3P.C9H9N2P/c1-3-17-19(16,18-4-2)13-10-11-14-15(13)12-8-6-5-7-9-12;12-9-6-7-10-11(9)8-4-2-1-3-5-8/h5-11H,3-4H2,1-2H3;1-7H,12H2. The van der Waals surface area contributed by atoms with Crippen molar-refractivity contribution in [3.8, 4) is 11.4 Å². The van der Waals surface area contributed by atoms with Gasteiger partial charge in [0.15, 0.2) is 5.44 Å². The summed E-state index contributed by atoms with van der Waals surface area (Å²) in [5, 5.41) is 8.38. The lowest BCUT2D eigenvalue weighted by atomic mass is 10.3. The maximum atomic E-state index is 12.8. The van der Waals surface area contributed by atoms with E-state index in [0.29, 0.717) is 18.6 Å². The monoisotopic (exact) mass is 456 g/mol. The molecule has 0 aliphatic heterocycles. The van der Waals surface area contributed by atoms with Gasteiger partial charge in [0.05, 0.1) is 42.4 Å². The molecule has 4 aromatic rings. The normalized spacial score (nSPS) is 11.1. The van der Waals surface area contributed by atoms with Crippen molar-refractivity contribution < 1.29 is 13.6 Å². The van der Waals surface area contributed by atoms with Crippen LogP contribution in [-0.4, -0.2) is 32.8 Å². The summed E-state index contributed by atoms with van der Waals surface area (Å²) in [7, 11) is -0.680. The second-order valence-corrected chi connectivity index (χ2v) is 8.83. The molecular formula is C22H26N4O3P2. The summed E-state index contributed by atoms with van der Waals surface area (Å²) in [5.41, 5.74) is 3.43. The van der Waals surface area contributed by atoms with E-state index in [1.807, 2.05) is 71.4 Å². The smallest absolute Gasteiger partial charge is 0.304 e. The molecule has 31 heavy (non-hydrogen) atoms. The largest absolute Gasteiger partial charge is 0.379 e. The van der Waals surface area contributed by atoms with Crippen LogP contribution in [0.5, 0.6) is 0 Å². The van der Waals surface area contributed by atoms with Crippen molar-refractivity contribution >= 4 is 27.7 Å². The molecule has 2 aromatic carbocycles. The van der Waals surface area contributed by atoms with Crippen LogP contribution in [0.15, 0.2) is 85.2 Å². The molecule has 2 aromatic heterocycles. The Bertz CT molecular complexity index is 1100. The Morgan fingerprint density at radius 1 is 0.774 bits per heavy atom. The fourth-order valence-corrected chi connectivity index (χ4v) is 4.85. The lowest BCUT2D eigenvalue weighted by Crippen LogP contribution is -2.20. The summed E-state index contributed by atoms with van der Waals surface area (Å²) in [6, 6.07) is 23.2. The van der Waals surface area contributed by atoms with Gasteiger partial charge in [-0.25, -0.2) is 9.36 Å². The Morgan fingerprint density at radius 3 is 1.74 bits per heavy atom. The van der Waals surface area contributed by atoms with Gasteiger partial charge in [-0.05, 0) is 50.2 Å². The van der Waals surface area contributed by atoms with Gasteiger partial charge in [0.25, 0.3) is 0 Å². The lowest BCUT2D eigenvalue weighted by Gasteiger charge is -2.18. The van der Waals surface area contributed by atoms with Crippen molar-refractivity contribution in [2.24, 2.45) is 0 Å². The molecule has 0 fully saturated rings. The van der Waals surface area contributed by atoms with E-state index in [-0.39, 0.29) is 0 Å². The van der Waals surface area contributed by atoms with E-state index in [1.165, 1.54) is 0 Å². The minimum Gasteiger partial charge on any atom is -0.304 e. The number of para-hydroxylation sites is 2. The molecule has 9 heteroatoms. The van der Waals surface area contributed by atoms with Crippen LogP contribution in [0.1, 0.15) is 13.8 Å². The lowest BCUT2D eigenvalue weighted by molar-refractivity contribution is 0.228. The van der Waals surface area contributed by atoms with Crippen LogP contribution in [0.3, 0.4) is 0 Å². The van der Waals surface area contributed by atoms with E-state index in [2.05, 4.69) is 19.4 Å². The topological polar surface area (TPSA) is 71.2 Å². The van der Waals surface area contributed by atoms with Crippen LogP contribution in [0.2, 0.25) is 0 Å². The first-order chi connectivity index (χ1) is 15.1. The summed E-state index contributed by atoms with van der Waals surface area (Å²) >= 11 is 0. The van der Waals surface area contributed by atoms with Crippen LogP contribution >= 0.6 is 16.8 Å². The molecule has 2 heterocycles. The third-order valence-corrected chi connectivity index (χ3v) is 6.71. The number of rotatable bonds is 7. The second-order valence-electron chi connectivity index (χ2n) is 6.27. The van der Waals surface area contributed by atoms with Crippen LogP contribution in [0, 0.1) is 0 Å². The Kier molecular flexibility index (Phi) is 8.33. The highest BCUT2D eigenvalue weighted by Gasteiger charge is 2.31. The van der Waals surface area contributed by atoms with Gasteiger partial charge in [-0.2, -0.15) is 10.2 Å². The van der Waals surface area contributed by atoms with E-state index >= 15 is 0 Å². The predicted octanol–water partition coefficient (Wildman–Crippen LogP) is 4.14. The molecule has 0 saturated carbocycles. The van der Waals surface area contributed by atoms with Crippen molar-refractivity contribution in [1.82, 2.24) is 19.6 Å². The minimum atomic E-state index is -3.33. The first kappa shape index (κ1) is 23.1. The quantitative estimate of drug-likeness (QED) is 0.391. The predicted molar refractivity (Wildman–Crippen MR) is 127 cm³/mol. The fraction of sp³-hybridized carbons (Fsp3) is 0.182. The molecule has 7 nitrogen and oxygen atoms in total. The molecular weight excluding hydrogens is 430 g/mol. The Morgan fingerprint density at radius 2 is 1.26 bits per heavy atom. The number of benzene rings is 2. The average Bonchev–Trinajstić information content (AvgIpc) is 3.45. The fourth-order valence-electron chi connectivity index (χ4n) is 2.88. The third-order valence-electron chi connectivity index (χ3n) is 4.17. The molecule has 0 aliphatic carbocycles. The van der Waals surface area contributed by atoms with Crippen LogP contribution in [0.4, 0.5) is 0 Å². The van der Waals surface area contributed by atoms with Gasteiger partial charge >= 0.3 is 7.60 Å². The molecule has 0 aliphatic rings. The van der Waals surface area contributed by atoms with Crippen LogP contribution < -0.4 is 10.9 Å². The summed E-state index contributed by atoms with van der Waals surface area (Å²) in [6.45, 7) is 4.21. The van der Waals surface area contributed by atoms with Crippen molar-refractivity contribution in [3.63, 3.8) is 0 Å². The number of hydrogen-bond acceptors (Lipinski definition) is 5. The highest BCUT2D eigenvalue weighted by molar-refractivity contribution is 7.62. The zero-order valence-electron chi connectivity index (χ0n) is 17.5. The Balaban J connectivity index is 0.000000194. The highest BCUT2D eigenvalue weighted by Crippen LogP contribution is 2.46. The molecule has 0 saturated heterocycles. The van der Waals surface area contributed by atoms with E-state index in [9.17, 15) is 4.57 Å². The van der Waals surface area contributed by atoms with Crippen molar-refractivity contribution in [1.29, 1.82) is 0 Å². The van der Waals surface area contributed by atoms with E-state index in [0.717, 1.165) is 16.8 Å². The van der Waals surface area contributed by atoms with Gasteiger partial charge in [-0.3, -0.25) is 4.57 Å². The molecule has 162 valence electrons. The number of hydrogen-bond donors (Lipinski definition) is 0. The number of nitrogens with zero attached hydrogens (tertiary/aromatic N) is 4. The zero-order chi connectivity index (χ0) is 22.1. The van der Waals surface area contributed by atoms with Gasteiger partial charge in [0.1, 0.15) is 0 Å². The summed E-state index contributed by atoms with van der Waals surface area (Å²) in [6.07, 6.45) is 3.38. The van der Waals surface area contributed by atoms with Crippen molar-refractivity contribution in [2.75, 3.05) is 13.2 Å². The molecule has 0 amide bonds.